The summed E-state index contributed by atoms with van der Waals surface area (Å²) in [5.41, 5.74) is -0.945. The van der Waals surface area contributed by atoms with Gasteiger partial charge in [0.05, 0.1) is 0 Å². The molecule has 0 radical (unpaired) electrons. The van der Waals surface area contributed by atoms with Gasteiger partial charge in [0.25, 0.3) is 0 Å². The van der Waals surface area contributed by atoms with E-state index >= 15 is 0 Å². The fourth-order valence-electron chi connectivity index (χ4n) is 7.69. The van der Waals surface area contributed by atoms with Crippen molar-refractivity contribution in [3.05, 3.63) is 58.2 Å². The maximum Gasteiger partial charge on any atom is 0.456 e. The normalized spacial score (nSPS) is 34.6. The SMILES string of the molecule is CC(=O)c1cccc([C@H]2C[C@@]3(C)C(CC[C@@]3(O)C(F)(F)C(F)(F)F)C3CCC4=CC(=O)CCC4=C32)c1. The van der Waals surface area contributed by atoms with Crippen LogP contribution >= 0.6 is 0 Å². The highest BCUT2D eigenvalue weighted by Crippen LogP contribution is 2.70. The molecule has 0 amide bonds. The molecule has 2 unspecified atom stereocenters. The fraction of sp³-hybridized carbons (Fsp3) is 0.571. The lowest BCUT2D eigenvalue weighted by atomic mass is 9.50. The van der Waals surface area contributed by atoms with E-state index in [1.807, 2.05) is 0 Å². The van der Waals surface area contributed by atoms with E-state index in [2.05, 4.69) is 0 Å². The number of halogens is 5. The Hall–Kier alpha value is -2.35. The number of ketones is 2. The maximum atomic E-state index is 15.0. The van der Waals surface area contributed by atoms with Gasteiger partial charge in [-0.15, -0.1) is 0 Å². The second kappa shape index (κ2) is 8.07. The predicted octanol–water partition coefficient (Wildman–Crippen LogP) is 6.72. The van der Waals surface area contributed by atoms with Crippen molar-refractivity contribution in [2.75, 3.05) is 0 Å². The summed E-state index contributed by atoms with van der Waals surface area (Å²) in [4.78, 5) is 24.2. The molecule has 36 heavy (non-hydrogen) atoms. The average molecular weight is 509 g/mol. The highest BCUT2D eigenvalue weighted by atomic mass is 19.4. The van der Waals surface area contributed by atoms with Gasteiger partial charge < -0.3 is 5.11 Å². The Morgan fingerprint density at radius 1 is 1.08 bits per heavy atom. The second-order valence-electron chi connectivity index (χ2n) is 11.1. The third-order valence-corrected chi connectivity index (χ3v) is 9.46. The number of fused-ring (bicyclic) bond motifs is 4. The molecule has 2 fully saturated rings. The van der Waals surface area contributed by atoms with E-state index in [1.54, 1.807) is 30.3 Å². The quantitative estimate of drug-likeness (QED) is 0.364. The first-order valence-corrected chi connectivity index (χ1v) is 12.5. The largest absolute Gasteiger partial charge is 0.456 e. The Morgan fingerprint density at radius 2 is 1.81 bits per heavy atom. The molecule has 0 bridgehead atoms. The van der Waals surface area contributed by atoms with Gasteiger partial charge in [0.1, 0.15) is 5.60 Å². The summed E-state index contributed by atoms with van der Waals surface area (Å²) in [5.74, 6) is -6.80. The molecule has 194 valence electrons. The monoisotopic (exact) mass is 508 g/mol. The Kier molecular flexibility index (Phi) is 5.67. The van der Waals surface area contributed by atoms with Crippen LogP contribution in [0.4, 0.5) is 22.0 Å². The molecule has 4 aliphatic carbocycles. The molecule has 0 spiro atoms. The van der Waals surface area contributed by atoms with E-state index in [-0.39, 0.29) is 30.3 Å². The number of carbonyl (C=O) groups excluding carboxylic acids is 2. The lowest BCUT2D eigenvalue weighted by Crippen LogP contribution is -2.65. The number of allylic oxidation sites excluding steroid dienone is 4. The smallest absolute Gasteiger partial charge is 0.383 e. The Labute approximate surface area is 206 Å². The molecule has 1 aromatic rings. The first kappa shape index (κ1) is 25.3. The molecule has 8 heteroatoms. The van der Waals surface area contributed by atoms with Crippen molar-refractivity contribution < 1.29 is 36.6 Å². The standard InChI is InChI=1S/C28H29F5O3/c1-15(34)16-4-3-5-17(12-16)22-14-25(2)23(10-11-26(25,36)27(29,30)28(31,32)33)21-8-6-18-13-19(35)7-9-20(18)24(21)22/h3-5,12-13,21-23,36H,6-11,14H2,1-2H3/t21?,22-,23?,25+,26+/m1/s1. The van der Waals surface area contributed by atoms with Gasteiger partial charge >= 0.3 is 12.1 Å². The minimum absolute atomic E-state index is 0.0311. The van der Waals surface area contributed by atoms with Gasteiger partial charge in [0, 0.05) is 23.3 Å². The van der Waals surface area contributed by atoms with Crippen molar-refractivity contribution in [1.29, 1.82) is 0 Å². The first-order chi connectivity index (χ1) is 16.7. The van der Waals surface area contributed by atoms with E-state index in [4.69, 9.17) is 0 Å². The van der Waals surface area contributed by atoms with Crippen molar-refractivity contribution in [1.82, 2.24) is 0 Å². The summed E-state index contributed by atoms with van der Waals surface area (Å²) >= 11 is 0. The van der Waals surface area contributed by atoms with E-state index in [9.17, 15) is 36.6 Å². The van der Waals surface area contributed by atoms with Crippen LogP contribution in [0, 0.1) is 17.3 Å². The third kappa shape index (κ3) is 3.39. The van der Waals surface area contributed by atoms with E-state index in [0.29, 0.717) is 36.8 Å². The molecule has 0 heterocycles. The van der Waals surface area contributed by atoms with Crippen molar-refractivity contribution in [3.8, 4) is 0 Å². The van der Waals surface area contributed by atoms with Crippen molar-refractivity contribution in [3.63, 3.8) is 0 Å². The Balaban J connectivity index is 1.71. The molecule has 0 aliphatic heterocycles. The van der Waals surface area contributed by atoms with Crippen LogP contribution in [0.5, 0.6) is 0 Å². The van der Waals surface area contributed by atoms with Crippen LogP contribution in [-0.4, -0.2) is 34.4 Å². The predicted molar refractivity (Wildman–Crippen MR) is 123 cm³/mol. The number of hydrogen-bond acceptors (Lipinski definition) is 3. The molecular formula is C28H29F5O3. The van der Waals surface area contributed by atoms with Gasteiger partial charge in [-0.2, -0.15) is 22.0 Å². The number of alkyl halides is 5. The number of benzene rings is 1. The van der Waals surface area contributed by atoms with Gasteiger partial charge in [0.2, 0.25) is 0 Å². The van der Waals surface area contributed by atoms with Crippen LogP contribution in [0.3, 0.4) is 0 Å². The van der Waals surface area contributed by atoms with Gasteiger partial charge in [-0.05, 0) is 86.1 Å². The van der Waals surface area contributed by atoms with Crippen molar-refractivity contribution in [2.45, 2.75) is 82.4 Å². The van der Waals surface area contributed by atoms with Gasteiger partial charge in [-0.1, -0.05) is 30.7 Å². The van der Waals surface area contributed by atoms with Crippen LogP contribution in [0.1, 0.15) is 80.6 Å². The third-order valence-electron chi connectivity index (χ3n) is 9.46. The number of hydrogen-bond donors (Lipinski definition) is 1. The average Bonchev–Trinajstić information content (AvgIpc) is 3.09. The van der Waals surface area contributed by atoms with E-state index < -0.39 is 41.4 Å². The minimum atomic E-state index is -5.88. The molecule has 2 saturated carbocycles. The minimum Gasteiger partial charge on any atom is -0.383 e. The summed E-state index contributed by atoms with van der Waals surface area (Å²) in [6, 6.07) is 6.79. The van der Waals surface area contributed by atoms with Gasteiger partial charge in [-0.3, -0.25) is 9.59 Å². The van der Waals surface area contributed by atoms with Crippen molar-refractivity contribution >= 4 is 11.6 Å². The maximum absolute atomic E-state index is 15.0. The van der Waals surface area contributed by atoms with Crippen molar-refractivity contribution in [2.24, 2.45) is 17.3 Å². The lowest BCUT2D eigenvalue weighted by Gasteiger charge is -2.56. The topological polar surface area (TPSA) is 54.4 Å². The van der Waals surface area contributed by atoms with Crippen LogP contribution in [0.25, 0.3) is 0 Å². The number of rotatable bonds is 3. The molecule has 1 aromatic carbocycles. The zero-order valence-electron chi connectivity index (χ0n) is 20.2. The van der Waals surface area contributed by atoms with Crippen LogP contribution < -0.4 is 0 Å². The zero-order chi connectivity index (χ0) is 26.3. The summed E-state index contributed by atoms with van der Waals surface area (Å²) in [6.45, 7) is 2.80. The summed E-state index contributed by atoms with van der Waals surface area (Å²) in [5, 5.41) is 11.3. The molecule has 4 aliphatic rings. The molecule has 5 rings (SSSR count). The highest BCUT2D eigenvalue weighted by Gasteiger charge is 2.79. The van der Waals surface area contributed by atoms with Gasteiger partial charge in [-0.25, -0.2) is 0 Å². The number of carbonyl (C=O) groups is 2. The molecule has 0 aromatic heterocycles. The summed E-state index contributed by atoms with van der Waals surface area (Å²) in [6.07, 6.45) is -3.00. The molecular weight excluding hydrogens is 479 g/mol. The first-order valence-electron chi connectivity index (χ1n) is 12.5. The molecule has 3 nitrogen and oxygen atoms in total. The Bertz CT molecular complexity index is 1200. The van der Waals surface area contributed by atoms with E-state index in [1.165, 1.54) is 13.8 Å². The van der Waals surface area contributed by atoms with E-state index in [0.717, 1.165) is 16.7 Å². The summed E-state index contributed by atoms with van der Waals surface area (Å²) < 4.78 is 70.8. The number of Topliss-reactive ketones (excluding diaryl/α,β-unsaturated/α-hetero) is 1. The molecule has 5 atom stereocenters. The Morgan fingerprint density at radius 3 is 2.47 bits per heavy atom. The van der Waals surface area contributed by atoms with Crippen LogP contribution in [0.15, 0.2) is 47.1 Å². The molecule has 0 saturated heterocycles. The summed E-state index contributed by atoms with van der Waals surface area (Å²) in [7, 11) is 0. The zero-order valence-corrected chi connectivity index (χ0v) is 20.2. The van der Waals surface area contributed by atoms with Crippen LogP contribution in [-0.2, 0) is 4.79 Å². The van der Waals surface area contributed by atoms with Gasteiger partial charge in [0.15, 0.2) is 11.6 Å². The number of aliphatic hydroxyl groups is 1. The second-order valence-corrected chi connectivity index (χ2v) is 11.1. The lowest BCUT2D eigenvalue weighted by molar-refractivity contribution is -0.362. The fourth-order valence-corrected chi connectivity index (χ4v) is 7.69. The molecule has 1 N–H and O–H groups in total. The highest BCUT2D eigenvalue weighted by molar-refractivity contribution is 5.94. The van der Waals surface area contributed by atoms with Crippen LogP contribution in [0.2, 0.25) is 0 Å².